The average Bonchev–Trinajstić information content (AvgIpc) is 2.77. The van der Waals surface area contributed by atoms with E-state index >= 15 is 0 Å². The summed E-state index contributed by atoms with van der Waals surface area (Å²) in [5, 5.41) is 8.65. The van der Waals surface area contributed by atoms with Gasteiger partial charge in [-0.3, -0.25) is 4.79 Å². The molecule has 30 heavy (non-hydrogen) atoms. The maximum atomic E-state index is 12.4. The van der Waals surface area contributed by atoms with Crippen molar-refractivity contribution in [3.63, 3.8) is 0 Å². The van der Waals surface area contributed by atoms with Gasteiger partial charge in [0, 0.05) is 43.5 Å². The predicted octanol–water partition coefficient (Wildman–Crippen LogP) is 2.88. The Morgan fingerprint density at radius 2 is 1.33 bits per heavy atom. The number of carboxylic acid groups (broad SMARTS) is 1. The molecule has 2 aromatic rings. The van der Waals surface area contributed by atoms with Crippen LogP contribution in [0.5, 0.6) is 0 Å². The molecule has 0 saturated carbocycles. The van der Waals surface area contributed by atoms with Crippen LogP contribution >= 0.6 is 0 Å². The van der Waals surface area contributed by atoms with Crippen molar-refractivity contribution in [2.45, 2.75) is 0 Å². The summed E-state index contributed by atoms with van der Waals surface area (Å²) in [7, 11) is 0. The van der Waals surface area contributed by atoms with Gasteiger partial charge in [-0.15, -0.1) is 0 Å². The number of anilines is 1. The van der Waals surface area contributed by atoms with Crippen molar-refractivity contribution >= 4 is 35.6 Å². The Labute approximate surface area is 174 Å². The maximum absolute atomic E-state index is 12.4. The fourth-order valence-corrected chi connectivity index (χ4v) is 3.18. The number of nitrogens with zero attached hydrogens (tertiary/aromatic N) is 2. The molecule has 3 rings (SSSR count). The van der Waals surface area contributed by atoms with Crippen molar-refractivity contribution in [1.29, 1.82) is 0 Å². The lowest BCUT2D eigenvalue weighted by atomic mass is 10.1. The van der Waals surface area contributed by atoms with Crippen molar-refractivity contribution in [3.05, 3.63) is 77.4 Å². The molecule has 0 aliphatic carbocycles. The quantitative estimate of drug-likeness (QED) is 0.568. The molecule has 1 aliphatic heterocycles. The van der Waals surface area contributed by atoms with Crippen molar-refractivity contribution in [2.24, 2.45) is 5.73 Å². The summed E-state index contributed by atoms with van der Waals surface area (Å²) in [6.07, 6.45) is 5.83. The van der Waals surface area contributed by atoms with E-state index in [9.17, 15) is 14.4 Å². The number of benzene rings is 2. The highest BCUT2D eigenvalue weighted by Crippen LogP contribution is 2.18. The highest BCUT2D eigenvalue weighted by Gasteiger charge is 2.19. The number of primary amides is 1. The molecule has 2 amide bonds. The number of carboxylic acids is 1. The molecular formula is C23H23N3O4. The summed E-state index contributed by atoms with van der Waals surface area (Å²) in [4.78, 5) is 38.0. The van der Waals surface area contributed by atoms with Crippen molar-refractivity contribution < 1.29 is 19.5 Å². The van der Waals surface area contributed by atoms with Crippen LogP contribution in [0.25, 0.3) is 12.2 Å². The zero-order valence-corrected chi connectivity index (χ0v) is 16.4. The standard InChI is InChI=1S/C23H23N3O4/c24-23(30)26-15-13-25(14-16-26)20-9-7-19(8-10-20)21(27)11-5-17-1-3-18(4-2-17)6-12-22(28)29/h1-12H,13-16H2,(H2,24,30)(H,28,29)/b11-5+,12-6+. The molecule has 1 aliphatic rings. The normalized spacial score (nSPS) is 14.4. The summed E-state index contributed by atoms with van der Waals surface area (Å²) < 4.78 is 0. The zero-order valence-electron chi connectivity index (χ0n) is 16.4. The number of carbonyl (C=O) groups excluding carboxylic acids is 2. The van der Waals surface area contributed by atoms with Crippen LogP contribution in [0.3, 0.4) is 0 Å². The van der Waals surface area contributed by atoms with E-state index in [4.69, 9.17) is 10.8 Å². The number of urea groups is 1. The zero-order chi connectivity index (χ0) is 21.5. The van der Waals surface area contributed by atoms with Gasteiger partial charge in [-0.2, -0.15) is 0 Å². The molecule has 1 saturated heterocycles. The van der Waals surface area contributed by atoms with Crippen LogP contribution in [0.2, 0.25) is 0 Å². The highest BCUT2D eigenvalue weighted by molar-refractivity contribution is 6.07. The number of nitrogens with two attached hydrogens (primary N) is 1. The Bertz CT molecular complexity index is 971. The van der Waals surface area contributed by atoms with Crippen LogP contribution < -0.4 is 10.6 Å². The number of hydrogen-bond acceptors (Lipinski definition) is 4. The number of hydrogen-bond donors (Lipinski definition) is 2. The fourth-order valence-electron chi connectivity index (χ4n) is 3.18. The second-order valence-corrected chi connectivity index (χ2v) is 6.90. The molecule has 7 heteroatoms. The van der Waals surface area contributed by atoms with Gasteiger partial charge in [0.1, 0.15) is 0 Å². The molecule has 1 fully saturated rings. The smallest absolute Gasteiger partial charge is 0.328 e. The first-order valence-electron chi connectivity index (χ1n) is 9.55. The second-order valence-electron chi connectivity index (χ2n) is 6.90. The predicted molar refractivity (Wildman–Crippen MR) is 116 cm³/mol. The molecule has 2 aromatic carbocycles. The summed E-state index contributed by atoms with van der Waals surface area (Å²) in [6.45, 7) is 2.58. The molecule has 0 radical (unpaired) electrons. The van der Waals surface area contributed by atoms with Gasteiger partial charge in [0.15, 0.2) is 5.78 Å². The molecular weight excluding hydrogens is 382 g/mol. The largest absolute Gasteiger partial charge is 0.478 e. The number of amides is 2. The lowest BCUT2D eigenvalue weighted by Gasteiger charge is -2.35. The monoisotopic (exact) mass is 405 g/mol. The van der Waals surface area contributed by atoms with E-state index in [0.29, 0.717) is 31.7 Å². The first-order valence-corrected chi connectivity index (χ1v) is 9.55. The van der Waals surface area contributed by atoms with E-state index < -0.39 is 12.0 Å². The summed E-state index contributed by atoms with van der Waals surface area (Å²) in [5.41, 5.74) is 8.52. The van der Waals surface area contributed by atoms with Crippen molar-refractivity contribution in [3.8, 4) is 0 Å². The number of aliphatic carboxylic acids is 1. The molecule has 0 aromatic heterocycles. The first kappa shape index (κ1) is 20.9. The van der Waals surface area contributed by atoms with Crippen LogP contribution in [-0.4, -0.2) is 54.0 Å². The van der Waals surface area contributed by atoms with Gasteiger partial charge < -0.3 is 20.6 Å². The van der Waals surface area contributed by atoms with Crippen LogP contribution in [0.15, 0.2) is 60.7 Å². The van der Waals surface area contributed by atoms with Crippen molar-refractivity contribution in [1.82, 2.24) is 4.90 Å². The SMILES string of the molecule is NC(=O)N1CCN(c2ccc(C(=O)/C=C/c3ccc(/C=C/C(=O)O)cc3)cc2)CC1. The molecule has 3 N–H and O–H groups in total. The van der Waals surface area contributed by atoms with Crippen LogP contribution in [0.4, 0.5) is 10.5 Å². The van der Waals surface area contributed by atoms with Gasteiger partial charge in [-0.1, -0.05) is 30.3 Å². The summed E-state index contributed by atoms with van der Waals surface area (Å²) in [6, 6.07) is 14.2. The summed E-state index contributed by atoms with van der Waals surface area (Å²) >= 11 is 0. The van der Waals surface area contributed by atoms with Crippen LogP contribution in [-0.2, 0) is 4.79 Å². The van der Waals surface area contributed by atoms with Gasteiger partial charge in [-0.05, 0) is 47.5 Å². The lowest BCUT2D eigenvalue weighted by Crippen LogP contribution is -2.50. The van der Waals surface area contributed by atoms with E-state index in [0.717, 1.165) is 22.9 Å². The van der Waals surface area contributed by atoms with Gasteiger partial charge in [0.25, 0.3) is 0 Å². The molecule has 0 bridgehead atoms. The average molecular weight is 405 g/mol. The van der Waals surface area contributed by atoms with Gasteiger partial charge in [-0.25, -0.2) is 9.59 Å². The Morgan fingerprint density at radius 1 is 0.800 bits per heavy atom. The van der Waals surface area contributed by atoms with Crippen molar-refractivity contribution in [2.75, 3.05) is 31.1 Å². The Kier molecular flexibility index (Phi) is 6.64. The number of carbonyl (C=O) groups is 3. The third-order valence-electron chi connectivity index (χ3n) is 4.89. The third-order valence-corrected chi connectivity index (χ3v) is 4.89. The molecule has 0 unspecified atom stereocenters. The number of piperazine rings is 1. The van der Waals surface area contributed by atoms with Crippen LogP contribution in [0, 0.1) is 0 Å². The van der Waals surface area contributed by atoms with E-state index in [1.807, 2.05) is 24.3 Å². The summed E-state index contributed by atoms with van der Waals surface area (Å²) in [5.74, 6) is -1.10. The minimum absolute atomic E-state index is 0.102. The minimum Gasteiger partial charge on any atom is -0.478 e. The van der Waals surface area contributed by atoms with Crippen LogP contribution in [0.1, 0.15) is 21.5 Å². The first-order chi connectivity index (χ1) is 14.4. The van der Waals surface area contributed by atoms with E-state index in [1.165, 1.54) is 12.2 Å². The van der Waals surface area contributed by atoms with Gasteiger partial charge in [0.2, 0.25) is 0 Å². The Balaban J connectivity index is 1.58. The minimum atomic E-state index is -0.997. The number of ketones is 1. The molecule has 7 nitrogen and oxygen atoms in total. The molecule has 154 valence electrons. The third kappa shape index (κ3) is 5.57. The lowest BCUT2D eigenvalue weighted by molar-refractivity contribution is -0.131. The van der Waals surface area contributed by atoms with Gasteiger partial charge in [0.05, 0.1) is 0 Å². The fraction of sp³-hybridized carbons (Fsp3) is 0.174. The topological polar surface area (TPSA) is 104 Å². The van der Waals surface area contributed by atoms with Gasteiger partial charge >= 0.3 is 12.0 Å². The van der Waals surface area contributed by atoms with E-state index in [-0.39, 0.29) is 5.78 Å². The Hall–Kier alpha value is -3.87. The molecule has 1 heterocycles. The molecule has 0 atom stereocenters. The second kappa shape index (κ2) is 9.56. The Morgan fingerprint density at radius 3 is 1.83 bits per heavy atom. The maximum Gasteiger partial charge on any atom is 0.328 e. The molecule has 0 spiro atoms. The van der Waals surface area contributed by atoms with E-state index in [1.54, 1.807) is 35.2 Å². The highest BCUT2D eigenvalue weighted by atomic mass is 16.4. The number of rotatable bonds is 6. The number of allylic oxidation sites excluding steroid dienone is 1. The van der Waals surface area contributed by atoms with E-state index in [2.05, 4.69) is 4.90 Å².